The average molecular weight is 320 g/mol. The number of nitrogens with zero attached hydrogens (tertiary/aromatic N) is 1. The molecule has 0 saturated heterocycles. The maximum Gasteiger partial charge on any atom is 0.285 e. The Hall–Kier alpha value is -1.88. The lowest BCUT2D eigenvalue weighted by Crippen LogP contribution is -3.11. The van der Waals surface area contributed by atoms with Crippen LogP contribution in [0.2, 0.25) is 0 Å². The number of benzene rings is 1. The molecule has 5 heteroatoms. The van der Waals surface area contributed by atoms with Gasteiger partial charge in [-0.1, -0.05) is 30.3 Å². The van der Waals surface area contributed by atoms with Gasteiger partial charge in [-0.05, 0) is 27.7 Å². The van der Waals surface area contributed by atoms with E-state index in [2.05, 4.69) is 5.32 Å². The van der Waals surface area contributed by atoms with E-state index in [4.69, 9.17) is 0 Å². The quantitative estimate of drug-likeness (QED) is 0.738. The summed E-state index contributed by atoms with van der Waals surface area (Å²) in [4.78, 5) is 27.7. The van der Waals surface area contributed by atoms with E-state index in [-0.39, 0.29) is 30.4 Å². The largest absolute Gasteiger partial charge is 0.349 e. The molecule has 128 valence electrons. The highest BCUT2D eigenvalue weighted by Gasteiger charge is 2.33. The van der Waals surface area contributed by atoms with Crippen molar-refractivity contribution in [2.45, 2.75) is 39.8 Å². The fourth-order valence-electron chi connectivity index (χ4n) is 2.73. The van der Waals surface area contributed by atoms with Crippen molar-refractivity contribution in [3.63, 3.8) is 0 Å². The summed E-state index contributed by atoms with van der Waals surface area (Å²) in [5.74, 6) is 0.0295. The van der Waals surface area contributed by atoms with E-state index in [0.717, 1.165) is 10.5 Å². The Morgan fingerprint density at radius 2 is 1.70 bits per heavy atom. The van der Waals surface area contributed by atoms with Crippen LogP contribution < -0.4 is 10.2 Å². The number of hydrogen-bond donors (Lipinski definition) is 2. The molecule has 0 aliphatic heterocycles. The number of quaternary nitrogens is 1. The third-order valence-electron chi connectivity index (χ3n) is 3.84. The first-order valence-electron chi connectivity index (χ1n) is 8.36. The van der Waals surface area contributed by atoms with E-state index < -0.39 is 0 Å². The Bertz CT molecular complexity index is 498. The molecule has 0 saturated carbocycles. The first-order chi connectivity index (χ1) is 10.9. The molecular formula is C18H30N3O2+. The standard InChI is InChI=1S/C18H29N3O2/c1-6-21(7-2)18(23)17(15-11-9-8-10-12-15)20(5)13-16(22)19-14(3)4/h8-12,14,17H,6-7,13H2,1-5H3,(H,19,22)/p+1/t17-/m1/s1. The second-order valence-corrected chi connectivity index (χ2v) is 6.10. The third kappa shape index (κ3) is 5.67. The summed E-state index contributed by atoms with van der Waals surface area (Å²) < 4.78 is 0. The molecule has 0 fully saturated rings. The Balaban J connectivity index is 3.00. The zero-order chi connectivity index (χ0) is 17.4. The maximum atomic E-state index is 12.9. The number of hydrogen-bond acceptors (Lipinski definition) is 2. The van der Waals surface area contributed by atoms with Crippen LogP contribution in [0, 0.1) is 0 Å². The maximum absolute atomic E-state index is 12.9. The molecule has 1 aromatic carbocycles. The van der Waals surface area contributed by atoms with Gasteiger partial charge in [-0.3, -0.25) is 9.59 Å². The zero-order valence-electron chi connectivity index (χ0n) is 14.9. The molecule has 0 aliphatic carbocycles. The van der Waals surface area contributed by atoms with E-state index in [9.17, 15) is 9.59 Å². The summed E-state index contributed by atoms with van der Waals surface area (Å²) in [5.41, 5.74) is 0.944. The number of rotatable bonds is 8. The van der Waals surface area contributed by atoms with Gasteiger partial charge < -0.3 is 15.1 Å². The summed E-state index contributed by atoms with van der Waals surface area (Å²) in [6.45, 7) is 9.43. The van der Waals surface area contributed by atoms with Crippen LogP contribution in [0.25, 0.3) is 0 Å². The van der Waals surface area contributed by atoms with Crippen LogP contribution in [0.5, 0.6) is 0 Å². The minimum Gasteiger partial charge on any atom is -0.349 e. The van der Waals surface area contributed by atoms with E-state index in [1.54, 1.807) is 0 Å². The lowest BCUT2D eigenvalue weighted by molar-refractivity contribution is -0.894. The van der Waals surface area contributed by atoms with Crippen LogP contribution in [-0.2, 0) is 9.59 Å². The molecule has 23 heavy (non-hydrogen) atoms. The van der Waals surface area contributed by atoms with Crippen LogP contribution in [-0.4, -0.2) is 49.4 Å². The highest BCUT2D eigenvalue weighted by molar-refractivity contribution is 5.82. The van der Waals surface area contributed by atoms with Crippen LogP contribution in [0.4, 0.5) is 0 Å². The molecule has 0 aromatic heterocycles. The Morgan fingerprint density at radius 1 is 1.13 bits per heavy atom. The molecule has 0 bridgehead atoms. The number of likely N-dealkylation sites (N-methyl/N-ethyl adjacent to an activating group) is 2. The van der Waals surface area contributed by atoms with Crippen LogP contribution in [0.3, 0.4) is 0 Å². The normalized spacial score (nSPS) is 13.5. The predicted molar refractivity (Wildman–Crippen MR) is 92.1 cm³/mol. The first-order valence-corrected chi connectivity index (χ1v) is 8.36. The fraction of sp³-hybridized carbons (Fsp3) is 0.556. The Kier molecular flexibility index (Phi) is 7.75. The van der Waals surface area contributed by atoms with Gasteiger partial charge >= 0.3 is 0 Å². The van der Waals surface area contributed by atoms with E-state index in [1.165, 1.54) is 0 Å². The second kappa shape index (κ2) is 9.30. The molecule has 1 aromatic rings. The molecule has 0 heterocycles. The van der Waals surface area contributed by atoms with Gasteiger partial charge in [0, 0.05) is 24.7 Å². The zero-order valence-corrected chi connectivity index (χ0v) is 14.9. The topological polar surface area (TPSA) is 53.9 Å². The predicted octanol–water partition coefficient (Wildman–Crippen LogP) is 0.635. The van der Waals surface area contributed by atoms with Crippen LogP contribution in [0.15, 0.2) is 30.3 Å². The first kappa shape index (κ1) is 19.2. The van der Waals surface area contributed by atoms with E-state index in [1.807, 2.05) is 70.0 Å². The number of carbonyl (C=O) groups excluding carboxylic acids is 2. The smallest absolute Gasteiger partial charge is 0.285 e. The van der Waals surface area contributed by atoms with Gasteiger partial charge in [0.1, 0.15) is 0 Å². The van der Waals surface area contributed by atoms with Crippen molar-refractivity contribution in [2.75, 3.05) is 26.7 Å². The van der Waals surface area contributed by atoms with Crippen molar-refractivity contribution in [2.24, 2.45) is 0 Å². The SMILES string of the molecule is CCN(CC)C(=O)[C@@H](c1ccccc1)[NH+](C)CC(=O)NC(C)C. The van der Waals surface area contributed by atoms with Gasteiger partial charge in [0.25, 0.3) is 11.8 Å². The molecule has 0 aliphatic rings. The van der Waals surface area contributed by atoms with Gasteiger partial charge in [-0.15, -0.1) is 0 Å². The molecule has 2 N–H and O–H groups in total. The summed E-state index contributed by atoms with van der Waals surface area (Å²) in [6.07, 6.45) is 0. The summed E-state index contributed by atoms with van der Waals surface area (Å²) in [5, 5.41) is 2.89. The van der Waals surface area contributed by atoms with E-state index >= 15 is 0 Å². The second-order valence-electron chi connectivity index (χ2n) is 6.10. The van der Waals surface area contributed by atoms with Gasteiger partial charge in [0.2, 0.25) is 0 Å². The number of carbonyl (C=O) groups is 2. The Labute approximate surface area is 139 Å². The molecule has 1 unspecified atom stereocenters. The Morgan fingerprint density at radius 3 is 2.17 bits per heavy atom. The number of nitrogens with one attached hydrogen (secondary N) is 2. The highest BCUT2D eigenvalue weighted by atomic mass is 16.2. The lowest BCUT2D eigenvalue weighted by atomic mass is 10.0. The highest BCUT2D eigenvalue weighted by Crippen LogP contribution is 2.12. The molecule has 1 rings (SSSR count). The third-order valence-corrected chi connectivity index (χ3v) is 3.84. The van der Waals surface area contributed by atoms with Crippen molar-refractivity contribution in [3.05, 3.63) is 35.9 Å². The number of amides is 2. The lowest BCUT2D eigenvalue weighted by Gasteiger charge is -2.29. The van der Waals surface area contributed by atoms with Crippen molar-refractivity contribution in [1.82, 2.24) is 10.2 Å². The van der Waals surface area contributed by atoms with Crippen LogP contribution in [0.1, 0.15) is 39.3 Å². The van der Waals surface area contributed by atoms with Crippen molar-refractivity contribution in [1.29, 1.82) is 0 Å². The summed E-state index contributed by atoms with van der Waals surface area (Å²) >= 11 is 0. The minimum atomic E-state index is -0.367. The van der Waals surface area contributed by atoms with Gasteiger partial charge in [0.15, 0.2) is 12.6 Å². The summed E-state index contributed by atoms with van der Waals surface area (Å²) in [6, 6.07) is 9.44. The van der Waals surface area contributed by atoms with Gasteiger partial charge in [-0.25, -0.2) is 0 Å². The molecular weight excluding hydrogens is 290 g/mol. The molecule has 0 radical (unpaired) electrons. The fourth-order valence-corrected chi connectivity index (χ4v) is 2.73. The monoisotopic (exact) mass is 320 g/mol. The molecule has 2 atom stereocenters. The minimum absolute atomic E-state index is 0.0363. The molecule has 5 nitrogen and oxygen atoms in total. The van der Waals surface area contributed by atoms with Crippen molar-refractivity contribution in [3.8, 4) is 0 Å². The van der Waals surface area contributed by atoms with Gasteiger partial charge in [0.05, 0.1) is 7.05 Å². The molecule has 0 spiro atoms. The molecule has 2 amide bonds. The summed E-state index contributed by atoms with van der Waals surface area (Å²) in [7, 11) is 1.90. The van der Waals surface area contributed by atoms with Crippen molar-refractivity contribution >= 4 is 11.8 Å². The van der Waals surface area contributed by atoms with Crippen LogP contribution >= 0.6 is 0 Å². The average Bonchev–Trinajstić information content (AvgIpc) is 2.48. The van der Waals surface area contributed by atoms with Crippen molar-refractivity contribution < 1.29 is 14.5 Å². The van der Waals surface area contributed by atoms with E-state index in [0.29, 0.717) is 13.1 Å². The van der Waals surface area contributed by atoms with Gasteiger partial charge in [-0.2, -0.15) is 0 Å².